The standard InChI is InChI=1S/C16H24N2O2/c19-16(7-6-15-3-1-12-20-15)18-9-2-8-17(10-11-18)13-14-4-5-14/h1,3,12,14H,2,4-11,13H2. The van der Waals surface area contributed by atoms with Gasteiger partial charge in [0.25, 0.3) is 0 Å². The molecule has 0 spiro atoms. The topological polar surface area (TPSA) is 36.7 Å². The Labute approximate surface area is 120 Å². The normalized spacial score (nSPS) is 20.9. The van der Waals surface area contributed by atoms with E-state index < -0.39 is 0 Å². The van der Waals surface area contributed by atoms with Gasteiger partial charge in [0, 0.05) is 39.0 Å². The smallest absolute Gasteiger partial charge is 0.223 e. The first kappa shape index (κ1) is 13.7. The van der Waals surface area contributed by atoms with Crippen LogP contribution in [0.5, 0.6) is 0 Å². The summed E-state index contributed by atoms with van der Waals surface area (Å²) in [5.41, 5.74) is 0. The van der Waals surface area contributed by atoms with Crippen molar-refractivity contribution in [2.24, 2.45) is 5.92 Å². The lowest BCUT2D eigenvalue weighted by Crippen LogP contribution is -2.35. The molecule has 1 aromatic rings. The molecule has 2 heterocycles. The Morgan fingerprint density at radius 2 is 2.15 bits per heavy atom. The fourth-order valence-corrected chi connectivity index (χ4v) is 2.91. The molecule has 4 heteroatoms. The molecule has 1 aliphatic heterocycles. The van der Waals surface area contributed by atoms with Crippen LogP contribution in [0.15, 0.2) is 22.8 Å². The summed E-state index contributed by atoms with van der Waals surface area (Å²) in [6.07, 6.45) is 6.87. The highest BCUT2D eigenvalue weighted by atomic mass is 16.3. The molecule has 2 aliphatic rings. The van der Waals surface area contributed by atoms with E-state index in [1.807, 2.05) is 17.0 Å². The third-order valence-corrected chi connectivity index (χ3v) is 4.32. The number of furan rings is 1. The Hall–Kier alpha value is -1.29. The van der Waals surface area contributed by atoms with E-state index in [0.29, 0.717) is 12.8 Å². The minimum atomic E-state index is 0.273. The van der Waals surface area contributed by atoms with Crippen LogP contribution in [0.4, 0.5) is 0 Å². The number of rotatable bonds is 5. The van der Waals surface area contributed by atoms with E-state index >= 15 is 0 Å². The molecule has 1 aromatic heterocycles. The van der Waals surface area contributed by atoms with Gasteiger partial charge in [0.15, 0.2) is 0 Å². The largest absolute Gasteiger partial charge is 0.469 e. The zero-order chi connectivity index (χ0) is 13.8. The van der Waals surface area contributed by atoms with Gasteiger partial charge in [-0.3, -0.25) is 4.79 Å². The van der Waals surface area contributed by atoms with Crippen LogP contribution in [0.25, 0.3) is 0 Å². The number of carbonyl (C=O) groups excluding carboxylic acids is 1. The minimum Gasteiger partial charge on any atom is -0.469 e. The van der Waals surface area contributed by atoms with Gasteiger partial charge < -0.3 is 14.2 Å². The van der Waals surface area contributed by atoms with Crippen LogP contribution in [-0.4, -0.2) is 48.4 Å². The van der Waals surface area contributed by atoms with Crippen molar-refractivity contribution in [3.8, 4) is 0 Å². The van der Waals surface area contributed by atoms with Crippen molar-refractivity contribution in [1.29, 1.82) is 0 Å². The van der Waals surface area contributed by atoms with Gasteiger partial charge in [0.1, 0.15) is 5.76 Å². The Morgan fingerprint density at radius 3 is 2.90 bits per heavy atom. The Morgan fingerprint density at radius 1 is 1.25 bits per heavy atom. The molecule has 1 aliphatic carbocycles. The molecule has 0 radical (unpaired) electrons. The van der Waals surface area contributed by atoms with Crippen LogP contribution in [0.1, 0.15) is 31.4 Å². The fraction of sp³-hybridized carbons (Fsp3) is 0.688. The van der Waals surface area contributed by atoms with Crippen LogP contribution in [0.3, 0.4) is 0 Å². The molecule has 1 saturated carbocycles. The predicted octanol–water partition coefficient (Wildman–Crippen LogP) is 2.16. The molecule has 2 fully saturated rings. The lowest BCUT2D eigenvalue weighted by Gasteiger charge is -2.21. The molecule has 1 saturated heterocycles. The molecule has 0 atom stereocenters. The zero-order valence-corrected chi connectivity index (χ0v) is 12.1. The summed E-state index contributed by atoms with van der Waals surface area (Å²) in [5.74, 6) is 2.12. The third-order valence-electron chi connectivity index (χ3n) is 4.32. The number of nitrogens with zero attached hydrogens (tertiary/aromatic N) is 2. The van der Waals surface area contributed by atoms with Gasteiger partial charge in [-0.1, -0.05) is 0 Å². The first-order valence-corrected chi connectivity index (χ1v) is 7.84. The number of aryl methyl sites for hydroxylation is 1. The van der Waals surface area contributed by atoms with Crippen molar-refractivity contribution in [1.82, 2.24) is 9.80 Å². The van der Waals surface area contributed by atoms with Gasteiger partial charge in [-0.15, -0.1) is 0 Å². The number of hydrogen-bond acceptors (Lipinski definition) is 3. The van der Waals surface area contributed by atoms with Crippen LogP contribution in [0, 0.1) is 5.92 Å². The molecule has 0 bridgehead atoms. The van der Waals surface area contributed by atoms with E-state index in [4.69, 9.17) is 4.42 Å². The van der Waals surface area contributed by atoms with E-state index in [0.717, 1.165) is 44.3 Å². The molecule has 0 unspecified atom stereocenters. The fourth-order valence-electron chi connectivity index (χ4n) is 2.91. The Kier molecular flexibility index (Phi) is 4.41. The molecule has 1 amide bonds. The second-order valence-electron chi connectivity index (χ2n) is 6.06. The monoisotopic (exact) mass is 276 g/mol. The van der Waals surface area contributed by atoms with Crippen molar-refractivity contribution in [2.75, 3.05) is 32.7 Å². The van der Waals surface area contributed by atoms with Gasteiger partial charge in [-0.2, -0.15) is 0 Å². The van der Waals surface area contributed by atoms with Crippen molar-refractivity contribution in [2.45, 2.75) is 32.1 Å². The number of carbonyl (C=O) groups is 1. The molecule has 110 valence electrons. The quantitative estimate of drug-likeness (QED) is 0.827. The summed E-state index contributed by atoms with van der Waals surface area (Å²) in [5, 5.41) is 0. The van der Waals surface area contributed by atoms with Gasteiger partial charge >= 0.3 is 0 Å². The zero-order valence-electron chi connectivity index (χ0n) is 12.1. The number of amides is 1. The maximum atomic E-state index is 12.3. The minimum absolute atomic E-state index is 0.273. The molecule has 20 heavy (non-hydrogen) atoms. The lowest BCUT2D eigenvalue weighted by atomic mass is 10.2. The molecular weight excluding hydrogens is 252 g/mol. The van der Waals surface area contributed by atoms with Crippen molar-refractivity contribution < 1.29 is 9.21 Å². The van der Waals surface area contributed by atoms with E-state index in [-0.39, 0.29) is 5.91 Å². The molecular formula is C16H24N2O2. The molecule has 4 nitrogen and oxygen atoms in total. The number of hydrogen-bond donors (Lipinski definition) is 0. The third kappa shape index (κ3) is 3.85. The second kappa shape index (κ2) is 6.44. The van der Waals surface area contributed by atoms with Crippen molar-refractivity contribution in [3.63, 3.8) is 0 Å². The van der Waals surface area contributed by atoms with Crippen LogP contribution >= 0.6 is 0 Å². The summed E-state index contributed by atoms with van der Waals surface area (Å²) in [6, 6.07) is 3.81. The van der Waals surface area contributed by atoms with E-state index in [1.165, 1.54) is 19.4 Å². The average Bonchev–Trinajstić information content (AvgIpc) is 3.17. The van der Waals surface area contributed by atoms with Gasteiger partial charge in [0.05, 0.1) is 6.26 Å². The lowest BCUT2D eigenvalue weighted by molar-refractivity contribution is -0.131. The first-order valence-electron chi connectivity index (χ1n) is 7.84. The summed E-state index contributed by atoms with van der Waals surface area (Å²) in [7, 11) is 0. The summed E-state index contributed by atoms with van der Waals surface area (Å²) < 4.78 is 5.28. The molecule has 3 rings (SSSR count). The summed E-state index contributed by atoms with van der Waals surface area (Å²) in [4.78, 5) is 16.8. The SMILES string of the molecule is O=C(CCc1ccco1)N1CCCN(CC2CC2)CC1. The predicted molar refractivity (Wildman–Crippen MR) is 77.4 cm³/mol. The Bertz CT molecular complexity index is 426. The highest BCUT2D eigenvalue weighted by Crippen LogP contribution is 2.29. The molecule has 0 N–H and O–H groups in total. The second-order valence-corrected chi connectivity index (χ2v) is 6.06. The van der Waals surface area contributed by atoms with Crippen LogP contribution < -0.4 is 0 Å². The van der Waals surface area contributed by atoms with Crippen LogP contribution in [0.2, 0.25) is 0 Å². The van der Waals surface area contributed by atoms with Crippen LogP contribution in [-0.2, 0) is 11.2 Å². The average molecular weight is 276 g/mol. The highest BCUT2D eigenvalue weighted by molar-refractivity contribution is 5.76. The van der Waals surface area contributed by atoms with Crippen molar-refractivity contribution in [3.05, 3.63) is 24.2 Å². The van der Waals surface area contributed by atoms with Gasteiger partial charge in [0.2, 0.25) is 5.91 Å². The maximum Gasteiger partial charge on any atom is 0.223 e. The summed E-state index contributed by atoms with van der Waals surface area (Å²) >= 11 is 0. The maximum absolute atomic E-state index is 12.3. The van der Waals surface area contributed by atoms with Crippen molar-refractivity contribution >= 4 is 5.91 Å². The van der Waals surface area contributed by atoms with E-state index in [1.54, 1.807) is 6.26 Å². The first-order chi connectivity index (χ1) is 9.81. The van der Waals surface area contributed by atoms with Gasteiger partial charge in [-0.05, 0) is 43.9 Å². The summed E-state index contributed by atoms with van der Waals surface area (Å²) in [6.45, 7) is 5.25. The van der Waals surface area contributed by atoms with E-state index in [2.05, 4.69) is 4.90 Å². The highest BCUT2D eigenvalue weighted by Gasteiger charge is 2.26. The molecule has 0 aromatic carbocycles. The Balaban J connectivity index is 1.43. The van der Waals surface area contributed by atoms with E-state index in [9.17, 15) is 4.79 Å². The van der Waals surface area contributed by atoms with Gasteiger partial charge in [-0.25, -0.2) is 0 Å².